The van der Waals surface area contributed by atoms with Gasteiger partial charge in [0.15, 0.2) is 23.0 Å². The zero-order chi connectivity index (χ0) is 29.9. The number of rotatable bonds is 14. The number of nitrogens with one attached hydrogen (secondary N) is 1. The first-order valence-electron chi connectivity index (χ1n) is 12.5. The molecule has 0 aliphatic carbocycles. The molecule has 0 heterocycles. The second-order valence-electron chi connectivity index (χ2n) is 8.17. The van der Waals surface area contributed by atoms with Crippen LogP contribution in [0.2, 0.25) is 0 Å². The summed E-state index contributed by atoms with van der Waals surface area (Å²) >= 11 is 3.37. The number of carbonyl (C=O) groups is 1. The Morgan fingerprint density at radius 3 is 2.27 bits per heavy atom. The van der Waals surface area contributed by atoms with Gasteiger partial charge in [0.2, 0.25) is 5.75 Å². The van der Waals surface area contributed by atoms with Gasteiger partial charge in [-0.25, -0.2) is 5.43 Å². The van der Waals surface area contributed by atoms with Crippen LogP contribution < -0.4 is 24.4 Å². The Bertz CT molecular complexity index is 1460. The molecule has 13 nitrogen and oxygen atoms in total. The van der Waals surface area contributed by atoms with Crippen LogP contribution in [0.25, 0.3) is 0 Å². The van der Waals surface area contributed by atoms with Crippen LogP contribution >= 0.6 is 15.9 Å². The van der Waals surface area contributed by atoms with E-state index >= 15 is 0 Å². The van der Waals surface area contributed by atoms with Gasteiger partial charge in [0.25, 0.3) is 11.6 Å². The van der Waals surface area contributed by atoms with Crippen molar-refractivity contribution in [1.82, 2.24) is 5.43 Å². The van der Waals surface area contributed by atoms with Crippen LogP contribution in [0.4, 0.5) is 11.4 Å². The average Bonchev–Trinajstić information content (AvgIpc) is 2.94. The van der Waals surface area contributed by atoms with E-state index in [4.69, 9.17) is 18.9 Å². The maximum atomic E-state index is 12.7. The maximum Gasteiger partial charge on any atom is 0.318 e. The fourth-order valence-electron chi connectivity index (χ4n) is 3.46. The lowest BCUT2D eigenvalue weighted by atomic mass is 10.2. The van der Waals surface area contributed by atoms with Gasteiger partial charge in [0.1, 0.15) is 0 Å². The van der Waals surface area contributed by atoms with E-state index < -0.39 is 27.1 Å². The SMILES string of the molecule is CCCOc1ccc(C(=O)N/N=C/c2cc(Br)c(Oc3ccc([N+](=O)[O-])cc3[N+](=O)[O-])c(OCC)c2)cc1OCC. The van der Waals surface area contributed by atoms with Crippen molar-refractivity contribution < 1.29 is 33.6 Å². The number of carbonyl (C=O) groups excluding carboxylic acids is 1. The first-order chi connectivity index (χ1) is 19.7. The summed E-state index contributed by atoms with van der Waals surface area (Å²) in [4.78, 5) is 33.7. The van der Waals surface area contributed by atoms with E-state index in [0.29, 0.717) is 40.3 Å². The largest absolute Gasteiger partial charge is 0.490 e. The van der Waals surface area contributed by atoms with E-state index in [0.717, 1.165) is 24.6 Å². The maximum absolute atomic E-state index is 12.7. The van der Waals surface area contributed by atoms with Crippen molar-refractivity contribution in [1.29, 1.82) is 0 Å². The summed E-state index contributed by atoms with van der Waals surface area (Å²) in [5, 5.41) is 26.6. The second kappa shape index (κ2) is 14.6. The predicted octanol–water partition coefficient (Wildman–Crippen LogP) is 6.41. The summed E-state index contributed by atoms with van der Waals surface area (Å²) in [6.07, 6.45) is 2.21. The molecule has 0 aromatic heterocycles. The minimum atomic E-state index is -0.774. The number of nitrogens with zero attached hydrogens (tertiary/aromatic N) is 3. The third-order valence-electron chi connectivity index (χ3n) is 5.24. The van der Waals surface area contributed by atoms with Gasteiger partial charge < -0.3 is 18.9 Å². The lowest BCUT2D eigenvalue weighted by molar-refractivity contribution is -0.394. The molecule has 0 radical (unpaired) electrons. The highest BCUT2D eigenvalue weighted by molar-refractivity contribution is 9.10. The van der Waals surface area contributed by atoms with Crippen molar-refractivity contribution in [3.05, 3.63) is 84.4 Å². The summed E-state index contributed by atoms with van der Waals surface area (Å²) in [5.74, 6) is 0.632. The molecule has 0 bridgehead atoms. The number of benzene rings is 3. The Balaban J connectivity index is 1.82. The molecule has 1 N–H and O–H groups in total. The predicted molar refractivity (Wildman–Crippen MR) is 154 cm³/mol. The minimum Gasteiger partial charge on any atom is -0.490 e. The summed E-state index contributed by atoms with van der Waals surface area (Å²) in [7, 11) is 0. The third kappa shape index (κ3) is 8.14. The molecule has 0 saturated heterocycles. The smallest absolute Gasteiger partial charge is 0.318 e. The van der Waals surface area contributed by atoms with Crippen molar-refractivity contribution in [2.45, 2.75) is 27.2 Å². The van der Waals surface area contributed by atoms with Crippen molar-refractivity contribution >= 4 is 39.4 Å². The Hall–Kier alpha value is -4.72. The molecule has 14 heteroatoms. The average molecular weight is 631 g/mol. The molecule has 216 valence electrons. The molecule has 1 amide bonds. The Morgan fingerprint density at radius 1 is 0.902 bits per heavy atom. The zero-order valence-electron chi connectivity index (χ0n) is 22.4. The number of halogens is 1. The molecular weight excluding hydrogens is 604 g/mol. The number of non-ortho nitro benzene ring substituents is 1. The van der Waals surface area contributed by atoms with Crippen molar-refractivity contribution in [2.24, 2.45) is 5.10 Å². The van der Waals surface area contributed by atoms with E-state index in [9.17, 15) is 25.0 Å². The minimum absolute atomic E-state index is 0.110. The van der Waals surface area contributed by atoms with E-state index in [1.807, 2.05) is 13.8 Å². The molecule has 0 atom stereocenters. The molecule has 3 rings (SSSR count). The molecule has 0 fully saturated rings. The quantitative estimate of drug-likeness (QED) is 0.120. The topological polar surface area (TPSA) is 165 Å². The van der Waals surface area contributed by atoms with Crippen LogP contribution in [-0.4, -0.2) is 41.8 Å². The van der Waals surface area contributed by atoms with Gasteiger partial charge in [0.05, 0.1) is 46.4 Å². The highest BCUT2D eigenvalue weighted by Gasteiger charge is 2.23. The third-order valence-corrected chi connectivity index (χ3v) is 5.83. The van der Waals surface area contributed by atoms with Crippen LogP contribution in [-0.2, 0) is 0 Å². The number of hydrazone groups is 1. The van der Waals surface area contributed by atoms with Crippen LogP contribution in [0.3, 0.4) is 0 Å². The van der Waals surface area contributed by atoms with Crippen LogP contribution in [0.1, 0.15) is 43.1 Å². The van der Waals surface area contributed by atoms with Crippen molar-refractivity contribution in [3.8, 4) is 28.7 Å². The van der Waals surface area contributed by atoms with Gasteiger partial charge in [-0.05, 0) is 78.2 Å². The number of hydrogen-bond donors (Lipinski definition) is 1. The molecule has 41 heavy (non-hydrogen) atoms. The zero-order valence-corrected chi connectivity index (χ0v) is 24.0. The highest BCUT2D eigenvalue weighted by Crippen LogP contribution is 2.42. The number of amides is 1. The molecule has 0 aliphatic rings. The summed E-state index contributed by atoms with van der Waals surface area (Å²) < 4.78 is 23.0. The van der Waals surface area contributed by atoms with Gasteiger partial charge in [-0.2, -0.15) is 5.10 Å². The summed E-state index contributed by atoms with van der Waals surface area (Å²) in [6.45, 7) is 6.72. The normalized spacial score (nSPS) is 10.7. The van der Waals surface area contributed by atoms with Gasteiger partial charge in [-0.3, -0.25) is 25.0 Å². The fraction of sp³-hybridized carbons (Fsp3) is 0.259. The number of nitro benzene ring substituents is 2. The van der Waals surface area contributed by atoms with E-state index in [1.54, 1.807) is 37.3 Å². The Kier molecular flexibility index (Phi) is 11.0. The van der Waals surface area contributed by atoms with Gasteiger partial charge in [-0.1, -0.05) is 6.92 Å². The Morgan fingerprint density at radius 2 is 1.61 bits per heavy atom. The molecule has 3 aromatic rings. The lowest BCUT2D eigenvalue weighted by Gasteiger charge is -2.14. The highest BCUT2D eigenvalue weighted by atomic mass is 79.9. The molecular formula is C27H27BrN4O9. The van der Waals surface area contributed by atoms with E-state index in [-0.39, 0.29) is 23.9 Å². The standard InChI is InChI=1S/C27H27BrN4O9/c1-4-11-40-23-9-7-18(14-24(23)38-5-2)27(33)30-29-16-17-12-20(28)26(25(13-17)39-6-3)41-22-10-8-19(31(34)35)15-21(22)32(36)37/h7-10,12-16H,4-6,11H2,1-3H3,(H,30,33)/b29-16+. The molecule has 3 aromatic carbocycles. The summed E-state index contributed by atoms with van der Waals surface area (Å²) in [5.41, 5.74) is 2.25. The monoisotopic (exact) mass is 630 g/mol. The first-order valence-corrected chi connectivity index (χ1v) is 13.3. The number of hydrogen-bond acceptors (Lipinski definition) is 10. The van der Waals surface area contributed by atoms with Gasteiger partial charge >= 0.3 is 5.69 Å². The number of ether oxygens (including phenoxy) is 4. The molecule has 0 spiro atoms. The van der Waals surface area contributed by atoms with Crippen molar-refractivity contribution in [2.75, 3.05) is 19.8 Å². The van der Waals surface area contributed by atoms with Crippen LogP contribution in [0, 0.1) is 20.2 Å². The van der Waals surface area contributed by atoms with Crippen LogP contribution in [0.15, 0.2) is 58.1 Å². The van der Waals surface area contributed by atoms with Gasteiger partial charge in [-0.15, -0.1) is 0 Å². The molecule has 0 unspecified atom stereocenters. The fourth-order valence-corrected chi connectivity index (χ4v) is 4.00. The summed E-state index contributed by atoms with van der Waals surface area (Å²) in [6, 6.07) is 11.1. The Labute approximate surface area is 243 Å². The lowest BCUT2D eigenvalue weighted by Crippen LogP contribution is -2.17. The number of nitro groups is 2. The van der Waals surface area contributed by atoms with Crippen molar-refractivity contribution in [3.63, 3.8) is 0 Å². The van der Waals surface area contributed by atoms with E-state index in [1.165, 1.54) is 6.21 Å². The van der Waals surface area contributed by atoms with Gasteiger partial charge in [0, 0.05) is 11.6 Å². The molecule has 0 aliphatic heterocycles. The first kappa shape index (κ1) is 30.8. The van der Waals surface area contributed by atoms with Crippen LogP contribution in [0.5, 0.6) is 28.7 Å². The molecule has 0 saturated carbocycles. The second-order valence-corrected chi connectivity index (χ2v) is 9.03. The van der Waals surface area contributed by atoms with E-state index in [2.05, 4.69) is 26.5 Å².